The van der Waals surface area contributed by atoms with Crippen LogP contribution < -0.4 is 0 Å². The second kappa shape index (κ2) is 45.7. The Kier molecular flexibility index (Phi) is 243. The Hall–Kier alpha value is 0.812. The van der Waals surface area contributed by atoms with E-state index in [4.69, 9.17) is 3.83 Å². The average molecular weight is 128 g/mol. The molecule has 31 valence electrons. The zero-order valence-corrected chi connectivity index (χ0v) is 2.15. The summed E-state index contributed by atoms with van der Waals surface area (Å²) in [6.45, 7) is 0. The zero-order chi connectivity index (χ0) is 2.00. The molecule has 0 rings (SSSR count). The van der Waals surface area contributed by atoms with Crippen LogP contribution in [-0.4, -0.2) is 22.8 Å². The van der Waals surface area contributed by atoms with Gasteiger partial charge in [0.1, 0.15) is 0 Å². The zero-order valence-electron chi connectivity index (χ0n) is 1.21. The topological polar surface area (TPSA) is 48.6 Å². The average Bonchev–Trinajstić information content (AvgIpc) is 1.00. The third-order valence-electron chi connectivity index (χ3n) is 0. The summed E-state index contributed by atoms with van der Waals surface area (Å²) in [4.78, 5) is 0. The minimum absolute atomic E-state index is 0. The molecule has 0 spiro atoms. The summed E-state index contributed by atoms with van der Waals surface area (Å²) in [5.74, 6) is 0. The fourth-order valence-electron chi connectivity index (χ4n) is 0. The maximum atomic E-state index is 7.81. The molecule has 4 heteroatoms. The molecule has 2 N–H and O–H groups in total. The van der Waals surface area contributed by atoms with Crippen LogP contribution in [0.3, 0.4) is 0 Å². The van der Waals surface area contributed by atoms with Gasteiger partial charge in [-0.1, -0.05) is 0 Å². The van der Waals surface area contributed by atoms with Gasteiger partial charge in [-0.2, -0.15) is 0 Å². The second-order valence-electron chi connectivity index (χ2n) is 0. The number of hydrogen-bond acceptors (Lipinski definition) is 1. The van der Waals surface area contributed by atoms with Gasteiger partial charge in [0.15, 0.2) is 17.4 Å². The van der Waals surface area contributed by atoms with Crippen molar-refractivity contribution in [2.24, 2.45) is 0 Å². The first-order chi connectivity index (χ1) is 1.00. The molecule has 0 aliphatic carbocycles. The molecule has 0 aliphatic heterocycles. The standard InChI is InChI=1S/Al.Cu.H2O.O.3H/h;;1H2;;;;. The normalized spacial score (nSPS) is 1.50. The predicted molar refractivity (Wildman–Crippen MR) is 14.2 cm³/mol. The summed E-state index contributed by atoms with van der Waals surface area (Å²) >= 11 is 2.94. The molecule has 4 heavy (non-hydrogen) atoms. The van der Waals surface area contributed by atoms with Crippen molar-refractivity contribution in [1.29, 1.82) is 0 Å². The summed E-state index contributed by atoms with van der Waals surface area (Å²) in [7, 11) is 0. The Morgan fingerprint density at radius 3 is 1.25 bits per heavy atom. The molecule has 0 amide bonds. The van der Waals surface area contributed by atoms with E-state index in [2.05, 4.69) is 15.9 Å². The van der Waals surface area contributed by atoms with E-state index in [1.807, 2.05) is 0 Å². The van der Waals surface area contributed by atoms with E-state index in [-0.39, 0.29) is 22.8 Å². The van der Waals surface area contributed by atoms with Crippen LogP contribution in [0, 0.1) is 0 Å². The molecule has 0 aromatic heterocycles. The van der Waals surface area contributed by atoms with Gasteiger partial charge in [-0.25, -0.2) is 0 Å². The molecule has 0 saturated heterocycles. The molecule has 0 fully saturated rings. The van der Waals surface area contributed by atoms with Gasteiger partial charge in [0.05, 0.1) is 0 Å². The molecule has 0 aromatic rings. The summed E-state index contributed by atoms with van der Waals surface area (Å²) in [6, 6.07) is 0. The molecule has 0 aliphatic rings. The summed E-state index contributed by atoms with van der Waals surface area (Å²) in [6.07, 6.45) is 0. The molecule has 0 atom stereocenters. The SMILES string of the molecule is O.[AlH3].[O]=[Cu]. The molecule has 0 aromatic carbocycles. The van der Waals surface area contributed by atoms with E-state index >= 15 is 0 Å². The van der Waals surface area contributed by atoms with Crippen molar-refractivity contribution in [3.8, 4) is 0 Å². The van der Waals surface area contributed by atoms with Crippen LogP contribution in [0.1, 0.15) is 0 Å². The van der Waals surface area contributed by atoms with E-state index in [9.17, 15) is 0 Å². The number of rotatable bonds is 0. The Morgan fingerprint density at radius 1 is 1.25 bits per heavy atom. The quantitative estimate of drug-likeness (QED) is 0.343. The molecular weight excluding hydrogens is 123 g/mol. The van der Waals surface area contributed by atoms with Crippen molar-refractivity contribution in [2.45, 2.75) is 0 Å². The van der Waals surface area contributed by atoms with Crippen molar-refractivity contribution in [3.63, 3.8) is 0 Å². The van der Waals surface area contributed by atoms with Crippen molar-refractivity contribution in [2.75, 3.05) is 0 Å². The van der Waals surface area contributed by atoms with Gasteiger partial charge < -0.3 is 5.48 Å². The van der Waals surface area contributed by atoms with Crippen molar-refractivity contribution >= 4 is 17.4 Å². The number of hydrogen-bond donors (Lipinski definition) is 0. The van der Waals surface area contributed by atoms with Gasteiger partial charge in [0.25, 0.3) is 0 Å². The fraction of sp³-hybridized carbons (Fsp3) is 0. The van der Waals surface area contributed by atoms with Gasteiger partial charge in [-0.15, -0.1) is 0 Å². The Bertz CT molecular complexity index is 6.00. The second-order valence-corrected chi connectivity index (χ2v) is 0. The van der Waals surface area contributed by atoms with Gasteiger partial charge >= 0.3 is 19.8 Å². The Morgan fingerprint density at radius 2 is 1.25 bits per heavy atom. The third kappa shape index (κ3) is 14.0. The van der Waals surface area contributed by atoms with E-state index in [0.717, 1.165) is 0 Å². The third-order valence-corrected chi connectivity index (χ3v) is 0. The summed E-state index contributed by atoms with van der Waals surface area (Å²) in [5, 5.41) is 0. The van der Waals surface area contributed by atoms with Crippen LogP contribution in [0.25, 0.3) is 0 Å². The Balaban J connectivity index is -0.00000000500. The van der Waals surface area contributed by atoms with Crippen molar-refractivity contribution < 1.29 is 25.3 Å². The van der Waals surface area contributed by atoms with E-state index < -0.39 is 0 Å². The van der Waals surface area contributed by atoms with E-state index in [0.29, 0.717) is 0 Å². The van der Waals surface area contributed by atoms with E-state index in [1.54, 1.807) is 0 Å². The van der Waals surface area contributed by atoms with Crippen molar-refractivity contribution in [1.82, 2.24) is 0 Å². The first-order valence-corrected chi connectivity index (χ1v) is 0.508. The Labute approximate surface area is 43.0 Å². The molecule has 0 bridgehead atoms. The predicted octanol–water partition coefficient (Wildman–Crippen LogP) is -2.13. The molecule has 0 radical (unpaired) electrons. The van der Waals surface area contributed by atoms with Gasteiger partial charge in [-0.3, -0.25) is 0 Å². The van der Waals surface area contributed by atoms with Gasteiger partial charge in [0, 0.05) is 0 Å². The molecule has 0 saturated carbocycles. The molecular formula is H5AlCuO2. The fourth-order valence-corrected chi connectivity index (χ4v) is 0. The van der Waals surface area contributed by atoms with Gasteiger partial charge in [0.2, 0.25) is 0 Å². The van der Waals surface area contributed by atoms with E-state index in [1.165, 1.54) is 0 Å². The monoisotopic (exact) mass is 127 g/mol. The molecule has 2 nitrogen and oxygen atoms in total. The summed E-state index contributed by atoms with van der Waals surface area (Å²) in [5.41, 5.74) is 0. The minimum atomic E-state index is 0. The van der Waals surface area contributed by atoms with Crippen LogP contribution in [-0.2, 0) is 19.8 Å². The van der Waals surface area contributed by atoms with Crippen LogP contribution in [0.4, 0.5) is 0 Å². The first kappa shape index (κ1) is 21.3. The van der Waals surface area contributed by atoms with Crippen LogP contribution in [0.5, 0.6) is 0 Å². The molecule has 0 heterocycles. The van der Waals surface area contributed by atoms with Crippen LogP contribution >= 0.6 is 0 Å². The van der Waals surface area contributed by atoms with Crippen molar-refractivity contribution in [3.05, 3.63) is 0 Å². The summed E-state index contributed by atoms with van der Waals surface area (Å²) < 4.78 is 7.81. The molecule has 0 unspecified atom stereocenters. The van der Waals surface area contributed by atoms with Gasteiger partial charge in [-0.05, 0) is 0 Å². The van der Waals surface area contributed by atoms with Crippen LogP contribution in [0.2, 0.25) is 0 Å². The first-order valence-electron chi connectivity index (χ1n) is 0.123. The van der Waals surface area contributed by atoms with Crippen LogP contribution in [0.15, 0.2) is 0 Å². The maximum absolute atomic E-state index is 7.81.